The summed E-state index contributed by atoms with van der Waals surface area (Å²) in [7, 11) is -4.71. The highest BCUT2D eigenvalue weighted by molar-refractivity contribution is 14.1. The van der Waals surface area contributed by atoms with Gasteiger partial charge in [0.1, 0.15) is 22.9 Å². The van der Waals surface area contributed by atoms with Crippen LogP contribution in [0.3, 0.4) is 0 Å². The van der Waals surface area contributed by atoms with Crippen LogP contribution in [0.4, 0.5) is 35.1 Å². The quantitative estimate of drug-likeness (QED) is 0.138. The maximum Gasteiger partial charge on any atom is 0.435 e. The number of hydrogen-bond acceptors (Lipinski definition) is 5. The number of aliphatic carboxylic acids is 1. The largest absolute Gasteiger partial charge is 0.491 e. The number of benzene rings is 2. The first kappa shape index (κ1) is 36.6. The van der Waals surface area contributed by atoms with Gasteiger partial charge in [-0.05, 0) is 68.4 Å². The summed E-state index contributed by atoms with van der Waals surface area (Å²) in [5.74, 6) is -4.12. The second-order valence-corrected chi connectivity index (χ2v) is 16.0. The first-order valence-corrected chi connectivity index (χ1v) is 17.9. The van der Waals surface area contributed by atoms with E-state index in [0.717, 1.165) is 24.3 Å². The number of hydrogen-bond donors (Lipinski definition) is 1. The first-order chi connectivity index (χ1) is 22.2. The Morgan fingerprint density at radius 2 is 1.65 bits per heavy atom. The van der Waals surface area contributed by atoms with E-state index in [4.69, 9.17) is 4.74 Å². The molecule has 5 rings (SSSR count). The minimum absolute atomic E-state index is 0.182. The van der Waals surface area contributed by atoms with Crippen LogP contribution in [0.15, 0.2) is 47.4 Å². The van der Waals surface area contributed by atoms with Crippen molar-refractivity contribution in [2.45, 2.75) is 72.7 Å². The predicted molar refractivity (Wildman–Crippen MR) is 162 cm³/mol. The minimum Gasteiger partial charge on any atom is -0.491 e. The molecular weight excluding hydrogens is 793 g/mol. The Balaban J connectivity index is 1.67. The third-order valence-electron chi connectivity index (χ3n) is 10.2. The van der Waals surface area contributed by atoms with Crippen molar-refractivity contribution < 1.29 is 63.0 Å². The van der Waals surface area contributed by atoms with Crippen LogP contribution < -0.4 is 4.74 Å². The summed E-state index contributed by atoms with van der Waals surface area (Å²) in [5.41, 5.74) is -9.14. The molecule has 2 fully saturated rings. The number of amides is 1. The summed E-state index contributed by atoms with van der Waals surface area (Å²) in [6, 6.07) is 3.34. The molecule has 1 saturated carbocycles. The maximum absolute atomic E-state index is 15.1. The Hall–Kier alpha value is -2.70. The average Bonchev–Trinajstić information content (AvgIpc) is 3.40. The molecule has 5 atom stereocenters. The smallest absolute Gasteiger partial charge is 0.435 e. The fourth-order valence-corrected chi connectivity index (χ4v) is 11.1. The van der Waals surface area contributed by atoms with E-state index in [2.05, 4.69) is 22.6 Å². The van der Waals surface area contributed by atoms with E-state index in [9.17, 15) is 53.8 Å². The van der Waals surface area contributed by atoms with Crippen LogP contribution in [0.2, 0.25) is 0 Å². The Kier molecular flexibility index (Phi) is 9.34. The van der Waals surface area contributed by atoms with Crippen molar-refractivity contribution in [1.29, 1.82) is 0 Å². The van der Waals surface area contributed by atoms with Gasteiger partial charge in [0.05, 0.1) is 22.3 Å². The van der Waals surface area contributed by atoms with Gasteiger partial charge in [-0.1, -0.05) is 41.6 Å². The van der Waals surface area contributed by atoms with Crippen LogP contribution in [0.25, 0.3) is 0 Å². The van der Waals surface area contributed by atoms with Crippen molar-refractivity contribution in [3.8, 4) is 5.75 Å². The summed E-state index contributed by atoms with van der Waals surface area (Å²) in [6.07, 6.45) is -12.4. The SMILES string of the molecule is C[C@@H]1CC(CCI)(C(=O)N2CCC3(S(=O)(=O)c4ccc(F)cc4)c4ccc(C(F)(C(F)(F)F)C(F)(F)F)cc4OCC23)CC[C@H]1C(=O)O. The molecule has 2 heterocycles. The van der Waals surface area contributed by atoms with E-state index in [1.54, 1.807) is 6.92 Å². The van der Waals surface area contributed by atoms with Gasteiger partial charge in [-0.3, -0.25) is 9.59 Å². The number of carbonyl (C=O) groups is 2. The highest BCUT2D eigenvalue weighted by Gasteiger charge is 2.74. The Bertz CT molecular complexity index is 1690. The van der Waals surface area contributed by atoms with E-state index >= 15 is 4.39 Å². The molecular formula is C31H30F8INO6S. The topological polar surface area (TPSA) is 101 Å². The van der Waals surface area contributed by atoms with E-state index in [1.165, 1.54) is 4.90 Å². The molecule has 7 nitrogen and oxygen atoms in total. The van der Waals surface area contributed by atoms with Gasteiger partial charge < -0.3 is 14.7 Å². The molecule has 1 aliphatic carbocycles. The lowest BCUT2D eigenvalue weighted by Gasteiger charge is -2.47. The minimum atomic E-state index is -6.44. The zero-order chi connectivity index (χ0) is 35.7. The molecule has 48 heavy (non-hydrogen) atoms. The second-order valence-electron chi connectivity index (χ2n) is 12.7. The number of nitrogens with zero attached hydrogens (tertiary/aromatic N) is 1. The molecule has 264 valence electrons. The van der Waals surface area contributed by atoms with Crippen molar-refractivity contribution in [1.82, 2.24) is 4.90 Å². The highest BCUT2D eigenvalue weighted by atomic mass is 127. The second kappa shape index (κ2) is 12.3. The normalized spacial score (nSPS) is 28.0. The van der Waals surface area contributed by atoms with Gasteiger partial charge in [0.2, 0.25) is 5.91 Å². The molecule has 2 aliphatic heterocycles. The number of halogens is 9. The maximum atomic E-state index is 15.1. The molecule has 1 N–H and O–H groups in total. The summed E-state index contributed by atoms with van der Waals surface area (Å²) >= 11 is 2.08. The lowest BCUT2D eigenvalue weighted by atomic mass is 9.63. The molecule has 0 spiro atoms. The summed E-state index contributed by atoms with van der Waals surface area (Å²) in [6.45, 7) is 0.810. The highest BCUT2D eigenvalue weighted by Crippen LogP contribution is 2.58. The van der Waals surface area contributed by atoms with E-state index in [0.29, 0.717) is 16.9 Å². The molecule has 17 heteroatoms. The fourth-order valence-electron chi connectivity index (χ4n) is 7.74. The molecule has 1 saturated heterocycles. The van der Waals surface area contributed by atoms with Gasteiger partial charge in [-0.25, -0.2) is 17.2 Å². The number of fused-ring (bicyclic) bond motifs is 3. The molecule has 3 aliphatic rings. The van der Waals surface area contributed by atoms with Gasteiger partial charge in [-0.2, -0.15) is 26.3 Å². The summed E-state index contributed by atoms with van der Waals surface area (Å²) < 4.78 is 144. The molecule has 0 aromatic heterocycles. The summed E-state index contributed by atoms with van der Waals surface area (Å²) in [4.78, 5) is 27.2. The van der Waals surface area contributed by atoms with Gasteiger partial charge in [-0.15, -0.1) is 0 Å². The van der Waals surface area contributed by atoms with Crippen LogP contribution in [0.5, 0.6) is 5.75 Å². The molecule has 1 amide bonds. The van der Waals surface area contributed by atoms with E-state index in [-0.39, 0.29) is 49.9 Å². The number of sulfone groups is 1. The molecule has 2 aromatic rings. The molecule has 3 unspecified atom stereocenters. The number of carbonyl (C=O) groups excluding carboxylic acids is 1. The number of alkyl halides is 8. The van der Waals surface area contributed by atoms with Gasteiger partial charge in [0.25, 0.3) is 0 Å². The Morgan fingerprint density at radius 3 is 2.19 bits per heavy atom. The van der Waals surface area contributed by atoms with Crippen LogP contribution in [0.1, 0.15) is 50.2 Å². The number of likely N-dealkylation sites (tertiary alicyclic amines) is 1. The zero-order valence-electron chi connectivity index (χ0n) is 25.2. The Morgan fingerprint density at radius 1 is 1.02 bits per heavy atom. The predicted octanol–water partition coefficient (Wildman–Crippen LogP) is 7.11. The average molecular weight is 824 g/mol. The van der Waals surface area contributed by atoms with Crippen molar-refractivity contribution in [3.05, 3.63) is 59.4 Å². The molecule has 2 aromatic carbocycles. The first-order valence-electron chi connectivity index (χ1n) is 14.9. The lowest BCUT2D eigenvalue weighted by molar-refractivity contribution is -0.348. The van der Waals surface area contributed by atoms with Crippen molar-refractivity contribution in [2.75, 3.05) is 17.6 Å². The van der Waals surface area contributed by atoms with E-state index in [1.807, 2.05) is 0 Å². The van der Waals surface area contributed by atoms with Gasteiger partial charge in [0, 0.05) is 22.1 Å². The van der Waals surface area contributed by atoms with Crippen LogP contribution in [-0.4, -0.2) is 66.3 Å². The molecule has 0 bridgehead atoms. The van der Waals surface area contributed by atoms with Crippen LogP contribution >= 0.6 is 22.6 Å². The monoisotopic (exact) mass is 823 g/mol. The summed E-state index contributed by atoms with van der Waals surface area (Å²) in [5, 5.41) is 9.66. The van der Waals surface area contributed by atoms with Crippen molar-refractivity contribution in [2.24, 2.45) is 17.3 Å². The van der Waals surface area contributed by atoms with Gasteiger partial charge >= 0.3 is 24.0 Å². The fraction of sp³-hybridized carbons (Fsp3) is 0.548. The number of carboxylic acid groups (broad SMARTS) is 1. The lowest BCUT2D eigenvalue weighted by Crippen LogP contribution is -2.58. The Labute approximate surface area is 284 Å². The number of ether oxygens (including phenoxy) is 1. The molecule has 0 radical (unpaired) electrons. The van der Waals surface area contributed by atoms with Crippen molar-refractivity contribution >= 4 is 44.3 Å². The van der Waals surface area contributed by atoms with Crippen molar-refractivity contribution in [3.63, 3.8) is 0 Å². The van der Waals surface area contributed by atoms with Crippen LogP contribution in [0, 0.1) is 23.1 Å². The number of rotatable bonds is 7. The third kappa shape index (κ3) is 5.44. The third-order valence-corrected chi connectivity index (χ3v) is 13.3. The van der Waals surface area contributed by atoms with E-state index < -0.39 is 96.4 Å². The zero-order valence-corrected chi connectivity index (χ0v) is 28.1. The number of carboxylic acids is 1. The van der Waals surface area contributed by atoms with Crippen LogP contribution in [-0.2, 0) is 29.8 Å². The standard InChI is InChI=1S/C31H30F8INO6S/c1-17-15-27(10-12-40,9-8-21(17)25(42)43)26(44)41-13-11-28(48(45,46)20-5-3-19(32)4-6-20)22-7-2-18(14-23(22)47-16-24(28)41)29(33,30(34,35)36)31(37,38)39/h2-7,14,17,21,24H,8-13,15-16H2,1H3,(H,42,43)/t17-,21-,24?,27?,28?/m1/s1. The van der Waals surface area contributed by atoms with Gasteiger partial charge in [0.15, 0.2) is 9.84 Å².